The molecule has 0 spiro atoms. The van der Waals surface area contributed by atoms with E-state index in [1.165, 1.54) is 11.0 Å². The second-order valence-electron chi connectivity index (χ2n) is 3.38. The van der Waals surface area contributed by atoms with Gasteiger partial charge in [-0.1, -0.05) is 19.3 Å². The number of hydrogen-bond acceptors (Lipinski definition) is 4. The van der Waals surface area contributed by atoms with Crippen molar-refractivity contribution >= 4 is 11.9 Å². The van der Waals surface area contributed by atoms with Gasteiger partial charge in [-0.2, -0.15) is 0 Å². The normalized spacial score (nSPS) is 11.8. The third-order valence-electron chi connectivity index (χ3n) is 1.97. The van der Waals surface area contributed by atoms with Crippen LogP contribution in [0.2, 0.25) is 0 Å². The molecule has 3 N–H and O–H groups in total. The topological polar surface area (TPSA) is 85.8 Å². The minimum absolute atomic E-state index is 0.0755. The maximum absolute atomic E-state index is 11.5. The minimum Gasteiger partial charge on any atom is -0.367 e. The number of carbonyl (C=O) groups excluding carboxylic acids is 1. The van der Waals surface area contributed by atoms with Gasteiger partial charge in [0, 0.05) is 0 Å². The molecule has 0 saturated heterocycles. The molecule has 1 unspecified atom stereocenters. The fourth-order valence-corrected chi connectivity index (χ4v) is 1.26. The molecule has 0 aromatic carbocycles. The molecule has 0 aliphatic carbocycles. The predicted octanol–water partition coefficient (Wildman–Crippen LogP) is -0.222. The van der Waals surface area contributed by atoms with Crippen LogP contribution >= 0.6 is 0 Å². The lowest BCUT2D eigenvalue weighted by Gasteiger charge is -2.11. The van der Waals surface area contributed by atoms with E-state index < -0.39 is 0 Å². The maximum atomic E-state index is 11.5. The highest BCUT2D eigenvalue weighted by atomic mass is 16.2. The maximum Gasteiger partial charge on any atom is 0.242 e. The number of carbonyl (C=O) groups is 1. The Hall–Kier alpha value is -2.03. The molecular formula is C10H15N5O. The number of nitrogens with two attached hydrogens (primary N) is 1. The monoisotopic (exact) mass is 221 g/mol. The van der Waals surface area contributed by atoms with Crippen LogP contribution in [0.4, 0.5) is 5.95 Å². The Balaban J connectivity index is 2.44. The Kier molecular flexibility index (Phi) is 4.33. The van der Waals surface area contributed by atoms with E-state index in [9.17, 15) is 4.79 Å². The number of nitrogens with one attached hydrogen (secondary N) is 1. The molecule has 1 heterocycles. The smallest absolute Gasteiger partial charge is 0.242 e. The molecule has 1 rings (SSSR count). The molecule has 0 saturated carbocycles. The first-order chi connectivity index (χ1) is 7.65. The van der Waals surface area contributed by atoms with Crippen molar-refractivity contribution in [3.63, 3.8) is 0 Å². The first kappa shape index (κ1) is 12.0. The van der Waals surface area contributed by atoms with Crippen LogP contribution in [0.3, 0.4) is 0 Å². The molecule has 1 amide bonds. The lowest BCUT2D eigenvalue weighted by Crippen LogP contribution is -2.36. The van der Waals surface area contributed by atoms with Crippen LogP contribution in [0.1, 0.15) is 19.8 Å². The van der Waals surface area contributed by atoms with Crippen LogP contribution < -0.4 is 11.1 Å². The van der Waals surface area contributed by atoms with Crippen molar-refractivity contribution in [1.29, 1.82) is 0 Å². The number of hydrogen-bond donors (Lipinski definition) is 2. The molecular weight excluding hydrogens is 206 g/mol. The molecule has 1 aromatic rings. The van der Waals surface area contributed by atoms with Crippen LogP contribution in [-0.2, 0) is 11.3 Å². The largest absolute Gasteiger partial charge is 0.367 e. The van der Waals surface area contributed by atoms with Gasteiger partial charge in [0.15, 0.2) is 0 Å². The standard InChI is InChI=1S/C10H15N5O/c1-3-5-8(4-2)13-9(16)6-15-7-12-10(11)14-15/h2,7-8H,3,5-6H2,1H3,(H2,11,14)(H,13,16). The van der Waals surface area contributed by atoms with E-state index in [1.807, 2.05) is 6.92 Å². The third-order valence-corrected chi connectivity index (χ3v) is 1.97. The highest BCUT2D eigenvalue weighted by molar-refractivity contribution is 5.76. The van der Waals surface area contributed by atoms with Gasteiger partial charge >= 0.3 is 0 Å². The molecule has 0 bridgehead atoms. The molecule has 0 fully saturated rings. The fourth-order valence-electron chi connectivity index (χ4n) is 1.26. The highest BCUT2D eigenvalue weighted by Crippen LogP contribution is 1.95. The predicted molar refractivity (Wildman–Crippen MR) is 60.1 cm³/mol. The lowest BCUT2D eigenvalue weighted by molar-refractivity contribution is -0.122. The van der Waals surface area contributed by atoms with Gasteiger partial charge in [0.2, 0.25) is 11.9 Å². The van der Waals surface area contributed by atoms with Gasteiger partial charge in [-0.05, 0) is 6.42 Å². The Labute approximate surface area is 94.2 Å². The molecule has 6 heteroatoms. The lowest BCUT2D eigenvalue weighted by atomic mass is 10.2. The number of nitrogens with zero attached hydrogens (tertiary/aromatic N) is 3. The second kappa shape index (κ2) is 5.75. The van der Waals surface area contributed by atoms with Crippen molar-refractivity contribution < 1.29 is 4.79 Å². The molecule has 0 radical (unpaired) electrons. The molecule has 86 valence electrons. The van der Waals surface area contributed by atoms with Crippen molar-refractivity contribution in [2.45, 2.75) is 32.4 Å². The van der Waals surface area contributed by atoms with E-state index in [-0.39, 0.29) is 24.4 Å². The summed E-state index contributed by atoms with van der Waals surface area (Å²) in [5.74, 6) is 2.48. The number of aromatic nitrogens is 3. The van der Waals surface area contributed by atoms with Crippen LogP contribution in [0, 0.1) is 12.3 Å². The van der Waals surface area contributed by atoms with Gasteiger partial charge < -0.3 is 11.1 Å². The third kappa shape index (κ3) is 3.61. The van der Waals surface area contributed by atoms with Gasteiger partial charge in [-0.25, -0.2) is 9.67 Å². The fraction of sp³-hybridized carbons (Fsp3) is 0.500. The molecule has 16 heavy (non-hydrogen) atoms. The summed E-state index contributed by atoms with van der Waals surface area (Å²) in [5.41, 5.74) is 5.32. The summed E-state index contributed by atoms with van der Waals surface area (Å²) in [7, 11) is 0. The Morgan fingerprint density at radius 1 is 1.81 bits per heavy atom. The first-order valence-electron chi connectivity index (χ1n) is 5.06. The van der Waals surface area contributed by atoms with Crippen LogP contribution in [0.25, 0.3) is 0 Å². The summed E-state index contributed by atoms with van der Waals surface area (Å²) in [5, 5.41) is 6.52. The van der Waals surface area contributed by atoms with Crippen molar-refractivity contribution in [2.24, 2.45) is 0 Å². The molecule has 0 aliphatic rings. The summed E-state index contributed by atoms with van der Waals surface area (Å²) in [6.45, 7) is 2.08. The Bertz CT molecular complexity index is 392. The molecule has 0 aliphatic heterocycles. The first-order valence-corrected chi connectivity index (χ1v) is 5.06. The van der Waals surface area contributed by atoms with Gasteiger partial charge in [0.25, 0.3) is 0 Å². The number of anilines is 1. The zero-order valence-corrected chi connectivity index (χ0v) is 9.18. The zero-order chi connectivity index (χ0) is 12.0. The minimum atomic E-state index is -0.224. The average molecular weight is 221 g/mol. The summed E-state index contributed by atoms with van der Waals surface area (Å²) in [4.78, 5) is 15.2. The van der Waals surface area contributed by atoms with E-state index in [4.69, 9.17) is 12.2 Å². The highest BCUT2D eigenvalue weighted by Gasteiger charge is 2.09. The van der Waals surface area contributed by atoms with Crippen LogP contribution in [0.15, 0.2) is 6.33 Å². The average Bonchev–Trinajstić information content (AvgIpc) is 2.63. The summed E-state index contributed by atoms with van der Waals surface area (Å²) in [6.07, 6.45) is 8.38. The summed E-state index contributed by atoms with van der Waals surface area (Å²) < 4.78 is 1.37. The van der Waals surface area contributed by atoms with Gasteiger partial charge in [-0.3, -0.25) is 4.79 Å². The number of terminal acetylenes is 1. The van der Waals surface area contributed by atoms with Crippen molar-refractivity contribution in [3.05, 3.63) is 6.33 Å². The molecule has 1 atom stereocenters. The van der Waals surface area contributed by atoms with E-state index in [2.05, 4.69) is 21.3 Å². The zero-order valence-electron chi connectivity index (χ0n) is 9.18. The Morgan fingerprint density at radius 3 is 3.06 bits per heavy atom. The van der Waals surface area contributed by atoms with Crippen molar-refractivity contribution in [2.75, 3.05) is 5.73 Å². The second-order valence-corrected chi connectivity index (χ2v) is 3.38. The van der Waals surface area contributed by atoms with Gasteiger partial charge in [0.05, 0.1) is 6.04 Å². The summed E-state index contributed by atoms with van der Waals surface area (Å²) in [6, 6.07) is -0.224. The number of amides is 1. The van der Waals surface area contributed by atoms with Crippen molar-refractivity contribution in [1.82, 2.24) is 20.1 Å². The quantitative estimate of drug-likeness (QED) is 0.673. The van der Waals surface area contributed by atoms with E-state index in [1.54, 1.807) is 0 Å². The molecule has 1 aromatic heterocycles. The van der Waals surface area contributed by atoms with Gasteiger partial charge in [-0.15, -0.1) is 11.5 Å². The van der Waals surface area contributed by atoms with Crippen molar-refractivity contribution in [3.8, 4) is 12.3 Å². The summed E-state index contributed by atoms with van der Waals surface area (Å²) >= 11 is 0. The van der Waals surface area contributed by atoms with E-state index >= 15 is 0 Å². The van der Waals surface area contributed by atoms with E-state index in [0.29, 0.717) is 0 Å². The van der Waals surface area contributed by atoms with Gasteiger partial charge in [0.1, 0.15) is 12.9 Å². The number of nitrogen functional groups attached to an aromatic ring is 1. The Morgan fingerprint density at radius 2 is 2.56 bits per heavy atom. The van der Waals surface area contributed by atoms with E-state index in [0.717, 1.165) is 12.8 Å². The molecule has 6 nitrogen and oxygen atoms in total. The SMILES string of the molecule is C#CC(CCC)NC(=O)Cn1cnc(N)n1. The van der Waals surface area contributed by atoms with Crippen LogP contribution in [-0.4, -0.2) is 26.7 Å². The number of rotatable bonds is 5. The van der Waals surface area contributed by atoms with Crippen LogP contribution in [0.5, 0.6) is 0 Å².